The first kappa shape index (κ1) is 20.1. The lowest BCUT2D eigenvalue weighted by Crippen LogP contribution is -2.17. The Balaban J connectivity index is -0.000000147. The van der Waals surface area contributed by atoms with Gasteiger partial charge in [0.25, 0.3) is 0 Å². The van der Waals surface area contributed by atoms with Crippen LogP contribution in [0.25, 0.3) is 0 Å². The first-order valence-corrected chi connectivity index (χ1v) is 5.98. The molecule has 0 radical (unpaired) electrons. The van der Waals surface area contributed by atoms with Gasteiger partial charge in [-0.3, -0.25) is 4.79 Å². The van der Waals surface area contributed by atoms with Crippen LogP contribution in [0.2, 0.25) is 0 Å². The number of carbonyl (C=O) groups excluding carboxylic acids is 2. The van der Waals surface area contributed by atoms with E-state index in [1.54, 1.807) is 25.9 Å². The van der Waals surface area contributed by atoms with Gasteiger partial charge in [-0.05, 0) is 27.0 Å². The zero-order valence-corrected chi connectivity index (χ0v) is 12.2. The second-order valence-electron chi connectivity index (χ2n) is 3.02. The molecule has 0 fully saturated rings. The smallest absolute Gasteiger partial charge is 0.218 e. The molecule has 0 rings (SSSR count). The van der Waals surface area contributed by atoms with Gasteiger partial charge in [-0.25, -0.2) is 0 Å². The first-order chi connectivity index (χ1) is 6.64. The summed E-state index contributed by atoms with van der Waals surface area (Å²) in [4.78, 5) is 21.0. The van der Waals surface area contributed by atoms with Gasteiger partial charge in [0.15, 0.2) is 0 Å². The summed E-state index contributed by atoms with van der Waals surface area (Å²) in [5.41, 5.74) is 0. The number of hydrogen-bond acceptors (Lipinski definition) is 4. The number of Topliss-reactive ketones (excluding diaryl/α,β-unsaturated/α-hetero) is 1. The molecule has 0 aliphatic rings. The molecule has 0 saturated carbocycles. The van der Waals surface area contributed by atoms with Crippen molar-refractivity contribution in [1.29, 1.82) is 0 Å². The molecule has 0 aliphatic heterocycles. The molecule has 1 amide bonds. The molecule has 0 aromatic carbocycles. The lowest BCUT2D eigenvalue weighted by atomic mass is 10.6. The summed E-state index contributed by atoms with van der Waals surface area (Å²) >= 11 is 6.27. The molecule has 5 heteroatoms. The van der Waals surface area contributed by atoms with E-state index in [1.165, 1.54) is 25.7 Å². The normalized spacial score (nSPS) is 7.40. The fourth-order valence-corrected chi connectivity index (χ4v) is 0. The predicted octanol–water partition coefficient (Wildman–Crippen LogP) is 2.39. The maximum absolute atomic E-state index is 10.1. The minimum absolute atomic E-state index is 0.0926. The van der Waals surface area contributed by atoms with Gasteiger partial charge in [0.1, 0.15) is 5.78 Å². The van der Waals surface area contributed by atoms with Gasteiger partial charge >= 0.3 is 0 Å². The number of rotatable bonds is 0. The lowest BCUT2D eigenvalue weighted by Gasteiger charge is -2.02. The third-order valence-corrected chi connectivity index (χ3v) is 1.99. The fourth-order valence-electron chi connectivity index (χ4n) is 0. The van der Waals surface area contributed by atoms with E-state index in [4.69, 9.17) is 0 Å². The molecule has 0 aliphatic carbocycles. The van der Waals surface area contributed by atoms with Crippen molar-refractivity contribution in [3.05, 3.63) is 0 Å². The third kappa shape index (κ3) is 58.5. The van der Waals surface area contributed by atoms with Crippen molar-refractivity contribution in [1.82, 2.24) is 4.90 Å². The minimum atomic E-state index is 0.0926. The summed E-state index contributed by atoms with van der Waals surface area (Å²) in [6.07, 6.45) is 1.97. The monoisotopic (exact) mass is 251 g/mol. The zero-order chi connectivity index (χ0) is 13.0. The Hall–Kier alpha value is -0.420. The van der Waals surface area contributed by atoms with Gasteiger partial charge in [-0.1, -0.05) is 12.2 Å². The molecule has 0 N–H and O–H groups in total. The predicted molar refractivity (Wildman–Crippen MR) is 72.5 cm³/mol. The van der Waals surface area contributed by atoms with E-state index in [0.29, 0.717) is 0 Å². The van der Waals surface area contributed by atoms with Gasteiger partial charge in [0, 0.05) is 25.2 Å². The van der Waals surface area contributed by atoms with Crippen molar-refractivity contribution in [3.63, 3.8) is 0 Å². The van der Waals surface area contributed by atoms with Crippen molar-refractivity contribution in [3.8, 4) is 0 Å². The van der Waals surface area contributed by atoms with Crippen molar-refractivity contribution in [2.75, 3.05) is 20.4 Å². The van der Waals surface area contributed by atoms with E-state index in [1.807, 2.05) is 13.2 Å². The maximum Gasteiger partial charge on any atom is 0.218 e. The number of thioether (sulfide) groups is 1. The second-order valence-corrected chi connectivity index (χ2v) is 4.91. The number of ketones is 1. The molecule has 0 aromatic heterocycles. The highest BCUT2D eigenvalue weighted by molar-refractivity contribution is 8.22. The quantitative estimate of drug-likeness (QED) is 0.620. The molecule has 15 heavy (non-hydrogen) atoms. The van der Waals surface area contributed by atoms with Gasteiger partial charge < -0.3 is 9.69 Å². The SMILES string of the molecule is CC(=O)N(C)C.CC(C)=O.CSC(C)=S. The van der Waals surface area contributed by atoms with E-state index in [2.05, 4.69) is 12.2 Å². The Labute approximate surface area is 103 Å². The summed E-state index contributed by atoms with van der Waals surface area (Å²) in [7, 11) is 3.45. The topological polar surface area (TPSA) is 37.4 Å². The number of nitrogens with zero attached hydrogens (tertiary/aromatic N) is 1. The van der Waals surface area contributed by atoms with Crippen LogP contribution in [0.5, 0.6) is 0 Å². The largest absolute Gasteiger partial charge is 0.349 e. The molecule has 0 unspecified atom stereocenters. The van der Waals surface area contributed by atoms with Crippen LogP contribution in [-0.4, -0.2) is 41.1 Å². The number of thiocarbonyl (C=S) groups is 1. The standard InChI is InChI=1S/C4H9NO.C3H6O.C3H6S2/c1-4(6)5(2)3;1-3(2)4;1-3(4)5-2/h1-3H3;1-2H3;1-2H3. The molecule has 3 nitrogen and oxygen atoms in total. The Kier molecular flexibility index (Phi) is 18.2. The molecule has 0 spiro atoms. The molecule has 0 aromatic rings. The molecule has 0 saturated heterocycles. The van der Waals surface area contributed by atoms with Crippen LogP contribution in [-0.2, 0) is 9.59 Å². The maximum atomic E-state index is 10.1. The van der Waals surface area contributed by atoms with Crippen LogP contribution in [0.15, 0.2) is 0 Å². The average molecular weight is 251 g/mol. The highest BCUT2D eigenvalue weighted by atomic mass is 32.2. The van der Waals surface area contributed by atoms with Crippen molar-refractivity contribution < 1.29 is 9.59 Å². The minimum Gasteiger partial charge on any atom is -0.349 e. The fraction of sp³-hybridized carbons (Fsp3) is 0.700. The Morgan fingerprint density at radius 2 is 1.20 bits per heavy atom. The van der Waals surface area contributed by atoms with Crippen molar-refractivity contribution >= 4 is 39.9 Å². The van der Waals surface area contributed by atoms with Crippen LogP contribution in [0.4, 0.5) is 0 Å². The van der Waals surface area contributed by atoms with E-state index in [0.717, 1.165) is 4.20 Å². The molecule has 90 valence electrons. The first-order valence-electron chi connectivity index (χ1n) is 4.34. The third-order valence-electron chi connectivity index (χ3n) is 0.917. The highest BCUT2D eigenvalue weighted by Crippen LogP contribution is 1.92. The van der Waals surface area contributed by atoms with E-state index in [-0.39, 0.29) is 11.7 Å². The van der Waals surface area contributed by atoms with E-state index in [9.17, 15) is 9.59 Å². The second kappa shape index (κ2) is 13.6. The average Bonchev–Trinajstić information content (AvgIpc) is 2.04. The summed E-state index contributed by atoms with van der Waals surface area (Å²) in [5, 5.41) is 0. The Morgan fingerprint density at radius 1 is 1.07 bits per heavy atom. The molecular weight excluding hydrogens is 230 g/mol. The Bertz CT molecular complexity index is 200. The summed E-state index contributed by atoms with van der Waals surface area (Å²) in [5.74, 6) is 0.259. The number of carbonyl (C=O) groups is 2. The van der Waals surface area contributed by atoms with Crippen molar-refractivity contribution in [2.45, 2.75) is 27.7 Å². The molecule has 0 heterocycles. The molecular formula is C10H21NO2S2. The van der Waals surface area contributed by atoms with E-state index < -0.39 is 0 Å². The number of amides is 1. The zero-order valence-electron chi connectivity index (χ0n) is 10.6. The van der Waals surface area contributed by atoms with Crippen LogP contribution in [0.3, 0.4) is 0 Å². The molecule has 0 bridgehead atoms. The van der Waals surface area contributed by atoms with Crippen LogP contribution < -0.4 is 0 Å². The van der Waals surface area contributed by atoms with Crippen LogP contribution in [0.1, 0.15) is 27.7 Å². The number of hydrogen-bond donors (Lipinski definition) is 0. The Morgan fingerprint density at radius 3 is 1.20 bits per heavy atom. The summed E-state index contributed by atoms with van der Waals surface area (Å²) in [6, 6.07) is 0. The van der Waals surface area contributed by atoms with Crippen molar-refractivity contribution in [2.24, 2.45) is 0 Å². The molecule has 0 atom stereocenters. The van der Waals surface area contributed by atoms with Gasteiger partial charge in [-0.15, -0.1) is 11.8 Å². The summed E-state index contributed by atoms with van der Waals surface area (Å²) < 4.78 is 1.00. The van der Waals surface area contributed by atoms with Gasteiger partial charge in [0.05, 0.1) is 0 Å². The van der Waals surface area contributed by atoms with Crippen LogP contribution >= 0.6 is 24.0 Å². The lowest BCUT2D eigenvalue weighted by molar-refractivity contribution is -0.126. The van der Waals surface area contributed by atoms with Crippen LogP contribution in [0, 0.1) is 0 Å². The van der Waals surface area contributed by atoms with Gasteiger partial charge in [-0.2, -0.15) is 0 Å². The highest BCUT2D eigenvalue weighted by Gasteiger charge is 1.87. The van der Waals surface area contributed by atoms with Gasteiger partial charge in [0.2, 0.25) is 5.91 Å². The van der Waals surface area contributed by atoms with E-state index >= 15 is 0 Å². The summed E-state index contributed by atoms with van der Waals surface area (Å²) in [6.45, 7) is 6.50.